The molecule has 4 nitrogen and oxygen atoms in total. The molecule has 2 atom stereocenters. The Labute approximate surface area is 176 Å². The van der Waals surface area contributed by atoms with E-state index in [2.05, 4.69) is 73.2 Å². The quantitative estimate of drug-likeness (QED) is 0.374. The van der Waals surface area contributed by atoms with Crippen LogP contribution in [-0.4, -0.2) is 19.9 Å². The van der Waals surface area contributed by atoms with Crippen molar-refractivity contribution in [3.63, 3.8) is 0 Å². The maximum Gasteiger partial charge on any atom is 0.111 e. The molecule has 0 amide bonds. The van der Waals surface area contributed by atoms with Gasteiger partial charge in [-0.15, -0.1) is 0 Å². The third kappa shape index (κ3) is 3.50. The van der Waals surface area contributed by atoms with Crippen LogP contribution in [0.3, 0.4) is 0 Å². The first-order valence-corrected chi connectivity index (χ1v) is 10.5. The van der Waals surface area contributed by atoms with Gasteiger partial charge in [-0.1, -0.05) is 60.5 Å². The molecule has 0 unspecified atom stereocenters. The van der Waals surface area contributed by atoms with Crippen LogP contribution >= 0.6 is 0 Å². The summed E-state index contributed by atoms with van der Waals surface area (Å²) in [5.74, 6) is 2.38. The van der Waals surface area contributed by atoms with Crippen LogP contribution in [0.15, 0.2) is 66.7 Å². The smallest absolute Gasteiger partial charge is 0.111 e. The minimum absolute atomic E-state index is 0.179. The Kier molecular flexibility index (Phi) is 4.62. The summed E-state index contributed by atoms with van der Waals surface area (Å²) in [5.41, 5.74) is 8.10. The highest BCUT2D eigenvalue weighted by Crippen LogP contribution is 2.35. The van der Waals surface area contributed by atoms with Crippen molar-refractivity contribution in [2.75, 3.05) is 0 Å². The summed E-state index contributed by atoms with van der Waals surface area (Å²) in [6.45, 7) is 6.57. The first-order valence-electron chi connectivity index (χ1n) is 10.5. The molecule has 2 N–H and O–H groups in total. The van der Waals surface area contributed by atoms with Crippen molar-refractivity contribution in [2.24, 2.45) is 0 Å². The standard InChI is InChI=1S/C26H26N4/c1-16-12-17(2)14-19(13-16)15-20(26-29-23-10-6-7-11-24(23)30-26)18(3)25-27-21-8-4-5-9-22(21)28-25/h4-14,18,20H,15H2,1-3H3,(H,27,28)(H,29,30)/t18-,20-/m1/s1. The Balaban J connectivity index is 1.59. The molecule has 0 spiro atoms. The van der Waals surface area contributed by atoms with Crippen molar-refractivity contribution in [2.45, 2.75) is 39.0 Å². The second-order valence-electron chi connectivity index (χ2n) is 8.37. The number of hydrogen-bond donors (Lipinski definition) is 2. The van der Waals surface area contributed by atoms with Crippen LogP contribution in [0, 0.1) is 13.8 Å². The lowest BCUT2D eigenvalue weighted by Crippen LogP contribution is -2.14. The average Bonchev–Trinajstić information content (AvgIpc) is 3.34. The molecule has 0 aliphatic rings. The molecule has 0 saturated carbocycles. The highest BCUT2D eigenvalue weighted by atomic mass is 15.0. The van der Waals surface area contributed by atoms with Gasteiger partial charge in [0.2, 0.25) is 0 Å². The lowest BCUT2D eigenvalue weighted by Gasteiger charge is -2.21. The van der Waals surface area contributed by atoms with E-state index in [0.29, 0.717) is 0 Å². The van der Waals surface area contributed by atoms with Gasteiger partial charge in [0.1, 0.15) is 11.6 Å². The number of aromatic amines is 2. The number of imidazole rings is 2. The molecule has 0 radical (unpaired) electrons. The number of nitrogens with one attached hydrogen (secondary N) is 2. The summed E-state index contributed by atoms with van der Waals surface area (Å²) < 4.78 is 0. The summed E-state index contributed by atoms with van der Waals surface area (Å²) in [7, 11) is 0. The van der Waals surface area contributed by atoms with Crippen molar-refractivity contribution in [1.29, 1.82) is 0 Å². The van der Waals surface area contributed by atoms with Crippen molar-refractivity contribution in [3.05, 3.63) is 95.1 Å². The normalized spacial score (nSPS) is 13.7. The second kappa shape index (κ2) is 7.45. The van der Waals surface area contributed by atoms with Gasteiger partial charge in [-0.2, -0.15) is 0 Å². The highest BCUT2D eigenvalue weighted by molar-refractivity contribution is 5.75. The number of aromatic nitrogens is 4. The van der Waals surface area contributed by atoms with Crippen LogP contribution in [0.5, 0.6) is 0 Å². The molecule has 4 heteroatoms. The molecule has 5 rings (SSSR count). The zero-order valence-corrected chi connectivity index (χ0v) is 17.6. The summed E-state index contributed by atoms with van der Waals surface area (Å²) in [6, 6.07) is 23.2. The van der Waals surface area contributed by atoms with E-state index >= 15 is 0 Å². The molecule has 5 aromatic rings. The predicted molar refractivity (Wildman–Crippen MR) is 123 cm³/mol. The Morgan fingerprint density at radius 2 is 1.27 bits per heavy atom. The highest BCUT2D eigenvalue weighted by Gasteiger charge is 2.27. The molecular formula is C26H26N4. The lowest BCUT2D eigenvalue weighted by molar-refractivity contribution is 0.530. The van der Waals surface area contributed by atoms with Gasteiger partial charge in [-0.05, 0) is 50.1 Å². The number of para-hydroxylation sites is 4. The van der Waals surface area contributed by atoms with E-state index in [4.69, 9.17) is 9.97 Å². The maximum absolute atomic E-state index is 4.96. The molecule has 0 fully saturated rings. The third-order valence-corrected chi connectivity index (χ3v) is 5.94. The molecule has 0 aliphatic carbocycles. The van der Waals surface area contributed by atoms with Gasteiger partial charge < -0.3 is 9.97 Å². The second-order valence-corrected chi connectivity index (χ2v) is 8.37. The summed E-state index contributed by atoms with van der Waals surface area (Å²) in [5, 5.41) is 0. The number of aryl methyl sites for hydroxylation is 2. The van der Waals surface area contributed by atoms with E-state index in [1.807, 2.05) is 24.3 Å². The van der Waals surface area contributed by atoms with E-state index in [9.17, 15) is 0 Å². The van der Waals surface area contributed by atoms with Crippen LogP contribution in [0.1, 0.15) is 47.1 Å². The number of H-pyrrole nitrogens is 2. The summed E-state index contributed by atoms with van der Waals surface area (Å²) in [6.07, 6.45) is 0.903. The molecular weight excluding hydrogens is 368 g/mol. The van der Waals surface area contributed by atoms with Crippen LogP contribution in [-0.2, 0) is 6.42 Å². The van der Waals surface area contributed by atoms with Crippen LogP contribution in [0.25, 0.3) is 22.1 Å². The number of benzene rings is 3. The largest absolute Gasteiger partial charge is 0.342 e. The number of rotatable bonds is 5. The van der Waals surface area contributed by atoms with Crippen molar-refractivity contribution < 1.29 is 0 Å². The molecule has 2 heterocycles. The van der Waals surface area contributed by atoms with Crippen molar-refractivity contribution in [3.8, 4) is 0 Å². The first kappa shape index (κ1) is 18.6. The molecule has 3 aromatic carbocycles. The minimum atomic E-state index is 0.179. The monoisotopic (exact) mass is 394 g/mol. The number of hydrogen-bond acceptors (Lipinski definition) is 2. The number of fused-ring (bicyclic) bond motifs is 2. The topological polar surface area (TPSA) is 57.4 Å². The Morgan fingerprint density at radius 1 is 0.733 bits per heavy atom. The van der Waals surface area contributed by atoms with E-state index in [0.717, 1.165) is 40.1 Å². The Bertz CT molecular complexity index is 1240. The van der Waals surface area contributed by atoms with Gasteiger partial charge in [0.15, 0.2) is 0 Å². The molecule has 30 heavy (non-hydrogen) atoms. The van der Waals surface area contributed by atoms with Crippen LogP contribution in [0.2, 0.25) is 0 Å². The molecule has 0 aliphatic heterocycles. The van der Waals surface area contributed by atoms with Crippen molar-refractivity contribution in [1.82, 2.24) is 19.9 Å². The Morgan fingerprint density at radius 3 is 1.87 bits per heavy atom. The zero-order valence-electron chi connectivity index (χ0n) is 17.6. The molecule has 0 bridgehead atoms. The molecule has 150 valence electrons. The van der Waals surface area contributed by atoms with E-state index < -0.39 is 0 Å². The van der Waals surface area contributed by atoms with Gasteiger partial charge in [-0.3, -0.25) is 0 Å². The van der Waals surface area contributed by atoms with Crippen molar-refractivity contribution >= 4 is 22.1 Å². The fraction of sp³-hybridized carbons (Fsp3) is 0.231. The summed E-state index contributed by atoms with van der Waals surface area (Å²) in [4.78, 5) is 17.0. The zero-order chi connectivity index (χ0) is 20.7. The minimum Gasteiger partial charge on any atom is -0.342 e. The fourth-order valence-electron chi connectivity index (χ4n) is 4.48. The van der Waals surface area contributed by atoms with Crippen LogP contribution in [0.4, 0.5) is 0 Å². The Hall–Kier alpha value is -3.40. The van der Waals surface area contributed by atoms with Gasteiger partial charge in [-0.25, -0.2) is 9.97 Å². The first-order chi connectivity index (χ1) is 14.6. The lowest BCUT2D eigenvalue weighted by atomic mass is 9.86. The van der Waals surface area contributed by atoms with E-state index in [1.165, 1.54) is 16.7 Å². The third-order valence-electron chi connectivity index (χ3n) is 5.94. The molecule has 2 aromatic heterocycles. The fourth-order valence-corrected chi connectivity index (χ4v) is 4.48. The van der Waals surface area contributed by atoms with Gasteiger partial charge in [0.05, 0.1) is 22.1 Å². The average molecular weight is 395 g/mol. The number of nitrogens with zero attached hydrogens (tertiary/aromatic N) is 2. The van der Waals surface area contributed by atoms with Gasteiger partial charge >= 0.3 is 0 Å². The van der Waals surface area contributed by atoms with Gasteiger partial charge in [0.25, 0.3) is 0 Å². The van der Waals surface area contributed by atoms with E-state index in [-0.39, 0.29) is 11.8 Å². The summed E-state index contributed by atoms with van der Waals surface area (Å²) >= 11 is 0. The SMILES string of the molecule is Cc1cc(C)cc(C[C@@H](c2nc3ccccc3[nH]2)[C@@H](C)c2nc3ccccc3[nH]2)c1. The maximum atomic E-state index is 4.96. The van der Waals surface area contributed by atoms with E-state index in [1.54, 1.807) is 0 Å². The van der Waals surface area contributed by atoms with Crippen LogP contribution < -0.4 is 0 Å². The predicted octanol–water partition coefficient (Wildman–Crippen LogP) is 6.19. The molecule has 0 saturated heterocycles. The van der Waals surface area contributed by atoms with Gasteiger partial charge in [0, 0.05) is 11.8 Å².